The Morgan fingerprint density at radius 3 is 2.40 bits per heavy atom. The largest absolute Gasteiger partial charge is 0.494 e. The summed E-state index contributed by atoms with van der Waals surface area (Å²) in [5, 5.41) is 12.9. The van der Waals surface area contributed by atoms with Gasteiger partial charge in [-0.2, -0.15) is 0 Å². The van der Waals surface area contributed by atoms with Gasteiger partial charge in [0.2, 0.25) is 5.90 Å². The zero-order valence-electron chi connectivity index (χ0n) is 28.2. The van der Waals surface area contributed by atoms with E-state index in [4.69, 9.17) is 47.5 Å². The van der Waals surface area contributed by atoms with Crippen LogP contribution in [0.4, 0.5) is 0 Å². The first-order valence-corrected chi connectivity index (χ1v) is 17.9. The average Bonchev–Trinajstić information content (AvgIpc) is 3.47. The summed E-state index contributed by atoms with van der Waals surface area (Å²) < 4.78 is 17.9. The van der Waals surface area contributed by atoms with E-state index in [1.54, 1.807) is 75.0 Å². The first-order valence-electron chi connectivity index (χ1n) is 16.3. The standard InChI is InChI=1S/C39H40Cl2N2O6S/c1-38(2,3)49-34(45)20-21-39(37(46)42-25-27-10-7-8-13-33(27)50-30-11-5-4-6-12-30)35(31-19-16-28(40)24-32(31)41)48-36(43-39)26-14-17-29(18-15-26)47-23-9-22-44/h4-8,10-19,24,35,44H,9,20-23,25H2,1-3H3,(H,42,46)/t35-,39-/m1/s1. The topological polar surface area (TPSA) is 106 Å². The molecule has 4 aromatic rings. The van der Waals surface area contributed by atoms with E-state index in [2.05, 4.69) is 5.32 Å². The number of carbonyl (C=O) groups is 2. The van der Waals surface area contributed by atoms with Crippen molar-refractivity contribution in [2.45, 2.75) is 73.6 Å². The molecule has 0 aromatic heterocycles. The van der Waals surface area contributed by atoms with Gasteiger partial charge in [0, 0.05) is 57.0 Å². The zero-order valence-corrected chi connectivity index (χ0v) is 30.5. The van der Waals surface area contributed by atoms with Crippen LogP contribution in [-0.2, 0) is 25.6 Å². The summed E-state index contributed by atoms with van der Waals surface area (Å²) in [6.45, 7) is 5.98. The van der Waals surface area contributed by atoms with Crippen LogP contribution in [0.15, 0.2) is 112 Å². The summed E-state index contributed by atoms with van der Waals surface area (Å²) in [6.07, 6.45) is -0.626. The molecule has 1 aliphatic heterocycles. The maximum Gasteiger partial charge on any atom is 0.306 e. The van der Waals surface area contributed by atoms with E-state index >= 15 is 0 Å². The van der Waals surface area contributed by atoms with Gasteiger partial charge in [-0.05, 0) is 87.4 Å². The van der Waals surface area contributed by atoms with Gasteiger partial charge in [-0.3, -0.25) is 9.59 Å². The summed E-state index contributed by atoms with van der Waals surface area (Å²) in [4.78, 5) is 34.8. The minimum Gasteiger partial charge on any atom is -0.494 e. The van der Waals surface area contributed by atoms with Crippen LogP contribution in [-0.4, -0.2) is 47.2 Å². The van der Waals surface area contributed by atoms with E-state index in [9.17, 15) is 9.59 Å². The number of hydrogen-bond acceptors (Lipinski definition) is 8. The highest BCUT2D eigenvalue weighted by Gasteiger charge is 2.54. The maximum atomic E-state index is 14.7. The van der Waals surface area contributed by atoms with Crippen LogP contribution < -0.4 is 10.1 Å². The lowest BCUT2D eigenvalue weighted by Crippen LogP contribution is -2.48. The minimum atomic E-state index is -1.61. The molecule has 8 nitrogen and oxygen atoms in total. The number of hydrogen-bond donors (Lipinski definition) is 2. The van der Waals surface area contributed by atoms with Crippen LogP contribution >= 0.6 is 35.0 Å². The number of aliphatic hydroxyl groups is 1. The predicted octanol–water partition coefficient (Wildman–Crippen LogP) is 8.60. The molecule has 0 saturated heterocycles. The lowest BCUT2D eigenvalue weighted by Gasteiger charge is -2.31. The molecule has 0 spiro atoms. The van der Waals surface area contributed by atoms with Crippen LogP contribution in [0.5, 0.6) is 5.75 Å². The second-order valence-electron chi connectivity index (χ2n) is 12.7. The summed E-state index contributed by atoms with van der Waals surface area (Å²) in [5.74, 6) is -0.0832. The highest BCUT2D eigenvalue weighted by atomic mass is 35.5. The molecule has 0 aliphatic carbocycles. The van der Waals surface area contributed by atoms with E-state index < -0.39 is 29.1 Å². The number of ether oxygens (including phenoxy) is 3. The third-order valence-electron chi connectivity index (χ3n) is 7.79. The first kappa shape index (κ1) is 37.2. The summed E-state index contributed by atoms with van der Waals surface area (Å²) in [7, 11) is 0. The van der Waals surface area contributed by atoms with Crippen LogP contribution in [0.25, 0.3) is 0 Å². The van der Waals surface area contributed by atoms with Crippen molar-refractivity contribution in [3.05, 3.63) is 124 Å². The fraction of sp³-hybridized carbons (Fsp3) is 0.308. The van der Waals surface area contributed by atoms with Crippen LogP contribution in [0.1, 0.15) is 62.8 Å². The average molecular weight is 736 g/mol. The number of rotatable bonds is 14. The Hall–Kier alpha value is -4.02. The molecule has 5 rings (SSSR count). The van der Waals surface area contributed by atoms with E-state index in [1.807, 2.05) is 54.6 Å². The Bertz CT molecular complexity index is 1810. The Morgan fingerprint density at radius 1 is 0.980 bits per heavy atom. The van der Waals surface area contributed by atoms with Crippen molar-refractivity contribution in [1.29, 1.82) is 0 Å². The first-order chi connectivity index (χ1) is 24.0. The van der Waals surface area contributed by atoms with Gasteiger partial charge < -0.3 is 24.6 Å². The van der Waals surface area contributed by atoms with Crippen molar-refractivity contribution in [2.75, 3.05) is 13.2 Å². The van der Waals surface area contributed by atoms with Crippen LogP contribution in [0, 0.1) is 0 Å². The zero-order chi connectivity index (χ0) is 35.7. The van der Waals surface area contributed by atoms with Gasteiger partial charge in [-0.25, -0.2) is 4.99 Å². The maximum absolute atomic E-state index is 14.7. The highest BCUT2D eigenvalue weighted by Crippen LogP contribution is 2.46. The minimum absolute atomic E-state index is 0.0242. The van der Waals surface area contributed by atoms with Gasteiger partial charge in [0.05, 0.1) is 6.61 Å². The Labute approximate surface area is 307 Å². The molecular formula is C39H40Cl2N2O6S. The summed E-state index contributed by atoms with van der Waals surface area (Å²) >= 11 is 14.6. The number of aliphatic hydroxyl groups excluding tert-OH is 1. The molecule has 11 heteroatoms. The van der Waals surface area contributed by atoms with Crippen LogP contribution in [0.2, 0.25) is 10.0 Å². The van der Waals surface area contributed by atoms with Gasteiger partial charge in [0.25, 0.3) is 5.91 Å². The van der Waals surface area contributed by atoms with Crippen molar-refractivity contribution in [1.82, 2.24) is 5.32 Å². The van der Waals surface area contributed by atoms with Gasteiger partial charge in [0.1, 0.15) is 11.4 Å². The number of carbonyl (C=O) groups excluding carboxylic acids is 2. The number of aliphatic imine (C=N–C) groups is 1. The third kappa shape index (κ3) is 9.60. The van der Waals surface area contributed by atoms with Gasteiger partial charge in [-0.1, -0.05) is 77.4 Å². The monoisotopic (exact) mass is 734 g/mol. The van der Waals surface area contributed by atoms with E-state index in [0.29, 0.717) is 39.9 Å². The smallest absolute Gasteiger partial charge is 0.306 e. The van der Waals surface area contributed by atoms with E-state index in [1.165, 1.54) is 0 Å². The van der Waals surface area contributed by atoms with E-state index in [0.717, 1.165) is 15.4 Å². The molecule has 4 aromatic carbocycles. The Kier molecular flexibility index (Phi) is 12.5. The van der Waals surface area contributed by atoms with Gasteiger partial charge in [0.15, 0.2) is 11.6 Å². The lowest BCUT2D eigenvalue weighted by molar-refractivity contribution is -0.155. The van der Waals surface area contributed by atoms with Crippen molar-refractivity contribution in [3.8, 4) is 5.75 Å². The normalized spacial score (nSPS) is 17.1. The molecule has 1 heterocycles. The van der Waals surface area contributed by atoms with E-state index in [-0.39, 0.29) is 31.9 Å². The number of esters is 1. The molecule has 0 radical (unpaired) electrons. The molecule has 0 fully saturated rings. The SMILES string of the molecule is CC(C)(C)OC(=O)CC[C@@]1(C(=O)NCc2ccccc2Sc2ccccc2)N=C(c2ccc(OCCCO)cc2)O[C@@H]1c1ccc(Cl)cc1Cl. The molecule has 1 aliphatic rings. The second-order valence-corrected chi connectivity index (χ2v) is 14.7. The highest BCUT2D eigenvalue weighted by molar-refractivity contribution is 7.99. The molecule has 0 saturated carbocycles. The molecular weight excluding hydrogens is 695 g/mol. The number of nitrogens with one attached hydrogen (secondary N) is 1. The number of amides is 1. The van der Waals surface area contributed by atoms with Gasteiger partial charge in [-0.15, -0.1) is 0 Å². The van der Waals surface area contributed by atoms with Crippen molar-refractivity contribution < 1.29 is 28.9 Å². The molecule has 2 atom stereocenters. The molecule has 0 bridgehead atoms. The lowest BCUT2D eigenvalue weighted by atomic mass is 9.83. The molecule has 0 unspecified atom stereocenters. The molecule has 262 valence electrons. The fourth-order valence-corrected chi connectivity index (χ4v) is 6.91. The summed E-state index contributed by atoms with van der Waals surface area (Å²) in [5.41, 5.74) is -0.309. The molecule has 2 N–H and O–H groups in total. The number of nitrogens with zero attached hydrogens (tertiary/aromatic N) is 1. The quantitative estimate of drug-likeness (QED) is 0.0987. The summed E-state index contributed by atoms with van der Waals surface area (Å²) in [6, 6.07) is 30.0. The Balaban J connectivity index is 1.52. The van der Waals surface area contributed by atoms with Gasteiger partial charge >= 0.3 is 5.97 Å². The second kappa shape index (κ2) is 16.8. The number of halogens is 2. The molecule has 1 amide bonds. The number of benzene rings is 4. The van der Waals surface area contributed by atoms with Crippen LogP contribution in [0.3, 0.4) is 0 Å². The Morgan fingerprint density at radius 2 is 1.70 bits per heavy atom. The van der Waals surface area contributed by atoms with Crippen molar-refractivity contribution in [3.63, 3.8) is 0 Å². The fourth-order valence-electron chi connectivity index (χ4n) is 5.44. The predicted molar refractivity (Wildman–Crippen MR) is 197 cm³/mol. The third-order valence-corrected chi connectivity index (χ3v) is 9.48. The van der Waals surface area contributed by atoms with Crippen molar-refractivity contribution >= 4 is 52.7 Å². The van der Waals surface area contributed by atoms with Crippen molar-refractivity contribution in [2.24, 2.45) is 4.99 Å². The molecule has 50 heavy (non-hydrogen) atoms.